The van der Waals surface area contributed by atoms with Gasteiger partial charge in [0.15, 0.2) is 0 Å². The molecule has 0 bridgehead atoms. The van der Waals surface area contributed by atoms with Crippen LogP contribution in [0.5, 0.6) is 0 Å². The van der Waals surface area contributed by atoms with Crippen molar-refractivity contribution >= 4 is 11.9 Å². The van der Waals surface area contributed by atoms with Crippen molar-refractivity contribution in [1.29, 1.82) is 0 Å². The van der Waals surface area contributed by atoms with Crippen LogP contribution in [-0.2, 0) is 9.59 Å². The van der Waals surface area contributed by atoms with Crippen LogP contribution in [0.3, 0.4) is 0 Å². The van der Waals surface area contributed by atoms with Gasteiger partial charge in [0.05, 0.1) is 13.1 Å². The number of hydrogen-bond donors (Lipinski definition) is 1. The van der Waals surface area contributed by atoms with Crippen molar-refractivity contribution in [3.63, 3.8) is 0 Å². The highest BCUT2D eigenvalue weighted by Gasteiger charge is 2.27. The standard InChI is InChI=1S/C15H28N2O3/c1-15(2,3)17(12-14(19)20)11-13(18)16-9-7-5-4-6-8-10-16/h4-12H2,1-3H3,(H,19,20). The number of likely N-dealkylation sites (tertiary alicyclic amines) is 1. The maximum absolute atomic E-state index is 12.4. The predicted molar refractivity (Wildman–Crippen MR) is 78.6 cm³/mol. The van der Waals surface area contributed by atoms with Crippen LogP contribution in [0.1, 0.15) is 52.9 Å². The van der Waals surface area contributed by atoms with E-state index in [1.807, 2.05) is 25.7 Å². The van der Waals surface area contributed by atoms with Gasteiger partial charge in [-0.3, -0.25) is 14.5 Å². The van der Waals surface area contributed by atoms with E-state index in [1.54, 1.807) is 4.90 Å². The molecule has 0 aliphatic carbocycles. The van der Waals surface area contributed by atoms with E-state index in [0.29, 0.717) is 0 Å². The quantitative estimate of drug-likeness (QED) is 0.857. The van der Waals surface area contributed by atoms with Crippen LogP contribution in [0.2, 0.25) is 0 Å². The summed E-state index contributed by atoms with van der Waals surface area (Å²) in [7, 11) is 0. The average molecular weight is 284 g/mol. The van der Waals surface area contributed by atoms with Gasteiger partial charge in [0, 0.05) is 18.6 Å². The summed E-state index contributed by atoms with van der Waals surface area (Å²) in [5, 5.41) is 8.99. The summed E-state index contributed by atoms with van der Waals surface area (Å²) < 4.78 is 0. The average Bonchev–Trinajstić information content (AvgIpc) is 2.25. The normalized spacial score (nSPS) is 17.7. The smallest absolute Gasteiger partial charge is 0.317 e. The zero-order chi connectivity index (χ0) is 15.2. The molecule has 20 heavy (non-hydrogen) atoms. The lowest BCUT2D eigenvalue weighted by Crippen LogP contribution is -2.50. The number of rotatable bonds is 4. The molecule has 1 aliphatic rings. The van der Waals surface area contributed by atoms with Crippen LogP contribution in [0, 0.1) is 0 Å². The molecule has 5 nitrogen and oxygen atoms in total. The number of carboxylic acids is 1. The molecule has 5 heteroatoms. The topological polar surface area (TPSA) is 60.9 Å². The Labute approximate surface area is 121 Å². The van der Waals surface area contributed by atoms with Crippen LogP contribution in [0.25, 0.3) is 0 Å². The first kappa shape index (κ1) is 17.0. The first-order valence-corrected chi connectivity index (χ1v) is 7.55. The zero-order valence-corrected chi connectivity index (χ0v) is 13.0. The van der Waals surface area contributed by atoms with Gasteiger partial charge in [-0.2, -0.15) is 0 Å². The lowest BCUT2D eigenvalue weighted by atomic mass is 10.1. The van der Waals surface area contributed by atoms with E-state index < -0.39 is 5.97 Å². The van der Waals surface area contributed by atoms with Crippen molar-refractivity contribution in [3.8, 4) is 0 Å². The molecule has 1 amide bonds. The SMILES string of the molecule is CC(C)(C)N(CC(=O)O)CC(=O)N1CCCCCCC1. The van der Waals surface area contributed by atoms with Gasteiger partial charge in [0.1, 0.15) is 0 Å². The number of carboxylic acid groups (broad SMARTS) is 1. The second kappa shape index (κ2) is 7.62. The molecule has 0 aromatic rings. The van der Waals surface area contributed by atoms with Crippen LogP contribution < -0.4 is 0 Å². The molecule has 1 N–H and O–H groups in total. The summed E-state index contributed by atoms with van der Waals surface area (Å²) in [5.74, 6) is -0.830. The third-order valence-electron chi connectivity index (χ3n) is 3.81. The van der Waals surface area contributed by atoms with Crippen molar-refractivity contribution in [2.45, 2.75) is 58.4 Å². The van der Waals surface area contributed by atoms with Gasteiger partial charge < -0.3 is 10.0 Å². The first-order valence-electron chi connectivity index (χ1n) is 7.55. The maximum Gasteiger partial charge on any atom is 0.317 e. The van der Waals surface area contributed by atoms with Gasteiger partial charge in [-0.05, 0) is 33.6 Å². The minimum absolute atomic E-state index is 0.0584. The number of nitrogens with zero attached hydrogens (tertiary/aromatic N) is 2. The van der Waals surface area contributed by atoms with Crippen LogP contribution in [-0.4, -0.2) is 58.5 Å². The fourth-order valence-corrected chi connectivity index (χ4v) is 2.45. The maximum atomic E-state index is 12.4. The van der Waals surface area contributed by atoms with E-state index in [0.717, 1.165) is 25.9 Å². The van der Waals surface area contributed by atoms with Gasteiger partial charge >= 0.3 is 5.97 Å². The lowest BCUT2D eigenvalue weighted by Gasteiger charge is -2.35. The van der Waals surface area contributed by atoms with E-state index in [9.17, 15) is 9.59 Å². The number of carbonyl (C=O) groups excluding carboxylic acids is 1. The molecule has 1 heterocycles. The number of hydrogen-bond acceptors (Lipinski definition) is 3. The Morgan fingerprint density at radius 2 is 1.50 bits per heavy atom. The summed E-state index contributed by atoms with van der Waals surface area (Å²) in [5.41, 5.74) is -0.323. The number of aliphatic carboxylic acids is 1. The Morgan fingerprint density at radius 1 is 1.00 bits per heavy atom. The zero-order valence-electron chi connectivity index (χ0n) is 13.0. The van der Waals surface area contributed by atoms with Gasteiger partial charge in [-0.15, -0.1) is 0 Å². The largest absolute Gasteiger partial charge is 0.480 e. The van der Waals surface area contributed by atoms with Crippen LogP contribution in [0.15, 0.2) is 0 Å². The summed E-state index contributed by atoms with van der Waals surface area (Å²) in [4.78, 5) is 27.0. The molecule has 116 valence electrons. The Morgan fingerprint density at radius 3 is 1.95 bits per heavy atom. The van der Waals surface area contributed by atoms with Gasteiger partial charge in [0.25, 0.3) is 0 Å². The monoisotopic (exact) mass is 284 g/mol. The second-order valence-electron chi connectivity index (χ2n) is 6.57. The van der Waals surface area contributed by atoms with Crippen molar-refractivity contribution < 1.29 is 14.7 Å². The fraction of sp³-hybridized carbons (Fsp3) is 0.867. The molecule has 1 aliphatic heterocycles. The molecule has 0 saturated carbocycles. The third-order valence-corrected chi connectivity index (χ3v) is 3.81. The minimum Gasteiger partial charge on any atom is -0.480 e. The molecule has 0 spiro atoms. The molecular formula is C15H28N2O3. The van der Waals surface area contributed by atoms with E-state index in [1.165, 1.54) is 19.3 Å². The van der Waals surface area contributed by atoms with E-state index >= 15 is 0 Å². The predicted octanol–water partition coefficient (Wildman–Crippen LogP) is 1.96. The Balaban J connectivity index is 2.61. The van der Waals surface area contributed by atoms with Crippen molar-refractivity contribution in [2.75, 3.05) is 26.2 Å². The molecule has 0 unspecified atom stereocenters. The highest BCUT2D eigenvalue weighted by Crippen LogP contribution is 2.15. The molecule has 0 radical (unpaired) electrons. The molecular weight excluding hydrogens is 256 g/mol. The molecule has 0 aromatic heterocycles. The molecule has 1 rings (SSSR count). The molecule has 0 atom stereocenters. The van der Waals surface area contributed by atoms with Crippen LogP contribution >= 0.6 is 0 Å². The van der Waals surface area contributed by atoms with E-state index in [-0.39, 0.29) is 24.5 Å². The van der Waals surface area contributed by atoms with Gasteiger partial charge in [0.2, 0.25) is 5.91 Å². The summed E-state index contributed by atoms with van der Waals surface area (Å²) in [6.07, 6.45) is 5.74. The van der Waals surface area contributed by atoms with E-state index in [2.05, 4.69) is 0 Å². The number of carbonyl (C=O) groups is 2. The first-order chi connectivity index (χ1) is 9.30. The Hall–Kier alpha value is -1.10. The second-order valence-corrected chi connectivity index (χ2v) is 6.57. The summed E-state index contributed by atoms with van der Waals surface area (Å²) >= 11 is 0. The van der Waals surface area contributed by atoms with Crippen LogP contribution in [0.4, 0.5) is 0 Å². The van der Waals surface area contributed by atoms with E-state index in [4.69, 9.17) is 5.11 Å². The molecule has 0 aromatic carbocycles. The minimum atomic E-state index is -0.889. The Bertz CT molecular complexity index is 329. The lowest BCUT2D eigenvalue weighted by molar-refractivity contribution is -0.142. The number of amides is 1. The highest BCUT2D eigenvalue weighted by atomic mass is 16.4. The van der Waals surface area contributed by atoms with Gasteiger partial charge in [-0.1, -0.05) is 19.3 Å². The van der Waals surface area contributed by atoms with Gasteiger partial charge in [-0.25, -0.2) is 0 Å². The molecule has 1 saturated heterocycles. The van der Waals surface area contributed by atoms with Crippen molar-refractivity contribution in [3.05, 3.63) is 0 Å². The summed E-state index contributed by atoms with van der Waals surface area (Å²) in [6, 6.07) is 0. The Kier molecular flexibility index (Phi) is 6.46. The highest BCUT2D eigenvalue weighted by molar-refractivity contribution is 5.79. The third kappa shape index (κ3) is 5.90. The van der Waals surface area contributed by atoms with Crippen molar-refractivity contribution in [1.82, 2.24) is 9.80 Å². The fourth-order valence-electron chi connectivity index (χ4n) is 2.45. The summed E-state index contributed by atoms with van der Waals surface area (Å²) in [6.45, 7) is 7.54. The van der Waals surface area contributed by atoms with Crippen molar-refractivity contribution in [2.24, 2.45) is 0 Å². The molecule has 1 fully saturated rings.